The predicted molar refractivity (Wildman–Crippen MR) is 86.5 cm³/mol. The standard InChI is InChI=1S/C17H30N4/c1-3-10-21-16(4-8-19-21)15-5-11-20(12-6-15)14-17(2)7-9-18-13-17/h4,8,15,18H,3,5-7,9-14H2,1-2H3. The van der Waals surface area contributed by atoms with Gasteiger partial charge in [0.25, 0.3) is 0 Å². The average Bonchev–Trinajstić information content (AvgIpc) is 3.10. The number of nitrogens with zero attached hydrogens (tertiary/aromatic N) is 3. The van der Waals surface area contributed by atoms with Crippen molar-refractivity contribution in [3.05, 3.63) is 18.0 Å². The molecule has 2 aliphatic heterocycles. The molecule has 0 amide bonds. The summed E-state index contributed by atoms with van der Waals surface area (Å²) in [6, 6.07) is 2.23. The molecule has 2 aliphatic rings. The van der Waals surface area contributed by atoms with Crippen molar-refractivity contribution < 1.29 is 0 Å². The number of hydrogen-bond donors (Lipinski definition) is 1. The second-order valence-corrected chi connectivity index (χ2v) is 7.27. The van der Waals surface area contributed by atoms with Crippen molar-refractivity contribution in [2.24, 2.45) is 5.41 Å². The van der Waals surface area contributed by atoms with E-state index in [0.29, 0.717) is 11.3 Å². The first-order valence-electron chi connectivity index (χ1n) is 8.65. The SMILES string of the molecule is CCCn1nccc1C1CCN(CC2(C)CCNC2)CC1. The third kappa shape index (κ3) is 3.49. The largest absolute Gasteiger partial charge is 0.316 e. The third-order valence-electron chi connectivity index (χ3n) is 5.25. The second kappa shape index (κ2) is 6.49. The van der Waals surface area contributed by atoms with Crippen LogP contribution in [0.3, 0.4) is 0 Å². The topological polar surface area (TPSA) is 33.1 Å². The van der Waals surface area contributed by atoms with Gasteiger partial charge in [-0.05, 0) is 56.8 Å². The lowest BCUT2D eigenvalue weighted by atomic mass is 9.87. The Bertz CT molecular complexity index is 439. The summed E-state index contributed by atoms with van der Waals surface area (Å²) in [7, 11) is 0. The van der Waals surface area contributed by atoms with Crippen LogP contribution in [-0.2, 0) is 6.54 Å². The minimum atomic E-state index is 0.497. The van der Waals surface area contributed by atoms with Crippen molar-refractivity contribution in [1.82, 2.24) is 20.0 Å². The molecule has 2 saturated heterocycles. The van der Waals surface area contributed by atoms with Gasteiger partial charge in [0.05, 0.1) is 0 Å². The van der Waals surface area contributed by atoms with E-state index in [2.05, 4.69) is 39.9 Å². The van der Waals surface area contributed by atoms with E-state index in [4.69, 9.17) is 0 Å². The van der Waals surface area contributed by atoms with Crippen molar-refractivity contribution in [1.29, 1.82) is 0 Å². The Labute approximate surface area is 128 Å². The van der Waals surface area contributed by atoms with E-state index in [1.807, 2.05) is 6.20 Å². The lowest BCUT2D eigenvalue weighted by molar-refractivity contribution is 0.142. The van der Waals surface area contributed by atoms with Crippen LogP contribution in [0.4, 0.5) is 0 Å². The zero-order valence-corrected chi connectivity index (χ0v) is 13.6. The van der Waals surface area contributed by atoms with Gasteiger partial charge in [-0.25, -0.2) is 0 Å². The molecule has 1 N–H and O–H groups in total. The first-order valence-corrected chi connectivity index (χ1v) is 8.65. The van der Waals surface area contributed by atoms with Crippen LogP contribution in [-0.4, -0.2) is 47.4 Å². The summed E-state index contributed by atoms with van der Waals surface area (Å²) in [5.41, 5.74) is 1.96. The van der Waals surface area contributed by atoms with E-state index >= 15 is 0 Å². The van der Waals surface area contributed by atoms with Gasteiger partial charge in [-0.3, -0.25) is 4.68 Å². The fraction of sp³-hybridized carbons (Fsp3) is 0.824. The molecule has 1 unspecified atom stereocenters. The van der Waals surface area contributed by atoms with E-state index < -0.39 is 0 Å². The van der Waals surface area contributed by atoms with Crippen molar-refractivity contribution in [2.75, 3.05) is 32.7 Å². The number of hydrogen-bond acceptors (Lipinski definition) is 3. The number of likely N-dealkylation sites (tertiary alicyclic amines) is 1. The number of aryl methyl sites for hydroxylation is 1. The molecule has 4 nitrogen and oxygen atoms in total. The van der Waals surface area contributed by atoms with Crippen LogP contribution in [0.2, 0.25) is 0 Å². The van der Waals surface area contributed by atoms with Crippen LogP contribution >= 0.6 is 0 Å². The quantitative estimate of drug-likeness (QED) is 0.904. The van der Waals surface area contributed by atoms with Gasteiger partial charge in [0.2, 0.25) is 0 Å². The number of rotatable bonds is 5. The molecule has 0 aliphatic carbocycles. The fourth-order valence-corrected chi connectivity index (χ4v) is 4.02. The molecular formula is C17H30N4. The summed E-state index contributed by atoms with van der Waals surface area (Å²) in [5.74, 6) is 0.713. The Hall–Kier alpha value is -0.870. The van der Waals surface area contributed by atoms with Gasteiger partial charge in [0.15, 0.2) is 0 Å². The molecule has 1 aromatic heterocycles. The van der Waals surface area contributed by atoms with E-state index in [1.165, 1.54) is 64.1 Å². The van der Waals surface area contributed by atoms with E-state index in [1.54, 1.807) is 0 Å². The molecule has 0 spiro atoms. The summed E-state index contributed by atoms with van der Waals surface area (Å²) in [5, 5.41) is 8.01. The lowest BCUT2D eigenvalue weighted by Gasteiger charge is -2.37. The predicted octanol–water partition coefficient (Wildman–Crippen LogP) is 2.47. The molecule has 0 bridgehead atoms. The van der Waals surface area contributed by atoms with E-state index in [-0.39, 0.29) is 0 Å². The third-order valence-corrected chi connectivity index (χ3v) is 5.25. The minimum Gasteiger partial charge on any atom is -0.316 e. The normalized spacial score (nSPS) is 28.3. The maximum Gasteiger partial charge on any atom is 0.0492 e. The summed E-state index contributed by atoms with van der Waals surface area (Å²) in [4.78, 5) is 2.68. The monoisotopic (exact) mass is 290 g/mol. The summed E-state index contributed by atoms with van der Waals surface area (Å²) in [6.45, 7) is 11.9. The highest BCUT2D eigenvalue weighted by molar-refractivity contribution is 5.09. The number of aromatic nitrogens is 2. The molecule has 0 aromatic carbocycles. The van der Waals surface area contributed by atoms with Crippen LogP contribution in [0, 0.1) is 5.41 Å². The second-order valence-electron chi connectivity index (χ2n) is 7.27. The van der Waals surface area contributed by atoms with Crippen LogP contribution in [0.15, 0.2) is 12.3 Å². The number of nitrogens with one attached hydrogen (secondary N) is 1. The molecular weight excluding hydrogens is 260 g/mol. The molecule has 118 valence electrons. The van der Waals surface area contributed by atoms with Crippen molar-refractivity contribution in [3.63, 3.8) is 0 Å². The molecule has 21 heavy (non-hydrogen) atoms. The molecule has 1 atom stereocenters. The highest BCUT2D eigenvalue weighted by Gasteiger charge is 2.32. The first kappa shape index (κ1) is 15.0. The van der Waals surface area contributed by atoms with Crippen LogP contribution < -0.4 is 5.32 Å². The number of piperidine rings is 1. The van der Waals surface area contributed by atoms with Crippen LogP contribution in [0.5, 0.6) is 0 Å². The summed E-state index contributed by atoms with van der Waals surface area (Å²) >= 11 is 0. The maximum atomic E-state index is 4.49. The van der Waals surface area contributed by atoms with E-state index in [0.717, 1.165) is 6.54 Å². The highest BCUT2D eigenvalue weighted by atomic mass is 15.3. The van der Waals surface area contributed by atoms with Gasteiger partial charge >= 0.3 is 0 Å². The van der Waals surface area contributed by atoms with Crippen molar-refractivity contribution >= 4 is 0 Å². The summed E-state index contributed by atoms with van der Waals surface area (Å²) in [6.07, 6.45) is 7.05. The lowest BCUT2D eigenvalue weighted by Crippen LogP contribution is -2.41. The Morgan fingerprint density at radius 2 is 2.19 bits per heavy atom. The Morgan fingerprint density at radius 3 is 2.86 bits per heavy atom. The minimum absolute atomic E-state index is 0.497. The van der Waals surface area contributed by atoms with Crippen LogP contribution in [0.25, 0.3) is 0 Å². The smallest absolute Gasteiger partial charge is 0.0492 e. The van der Waals surface area contributed by atoms with Crippen molar-refractivity contribution in [3.8, 4) is 0 Å². The highest BCUT2D eigenvalue weighted by Crippen LogP contribution is 2.31. The molecule has 4 heteroatoms. The molecule has 0 saturated carbocycles. The Kier molecular flexibility index (Phi) is 4.65. The van der Waals surface area contributed by atoms with Gasteiger partial charge < -0.3 is 10.2 Å². The van der Waals surface area contributed by atoms with Gasteiger partial charge in [-0.15, -0.1) is 0 Å². The Morgan fingerprint density at radius 1 is 1.38 bits per heavy atom. The zero-order chi connectivity index (χ0) is 14.7. The molecule has 3 rings (SSSR count). The van der Waals surface area contributed by atoms with E-state index in [9.17, 15) is 0 Å². The van der Waals surface area contributed by atoms with Gasteiger partial charge in [-0.2, -0.15) is 5.10 Å². The average molecular weight is 290 g/mol. The molecule has 3 heterocycles. The van der Waals surface area contributed by atoms with Gasteiger partial charge in [0, 0.05) is 37.4 Å². The summed E-state index contributed by atoms with van der Waals surface area (Å²) < 4.78 is 2.22. The van der Waals surface area contributed by atoms with Crippen molar-refractivity contribution in [2.45, 2.75) is 52.0 Å². The van der Waals surface area contributed by atoms with Gasteiger partial charge in [0.1, 0.15) is 0 Å². The Balaban J connectivity index is 1.54. The van der Waals surface area contributed by atoms with Crippen LogP contribution in [0.1, 0.15) is 51.1 Å². The maximum absolute atomic E-state index is 4.49. The fourth-order valence-electron chi connectivity index (χ4n) is 4.02. The first-order chi connectivity index (χ1) is 10.2. The van der Waals surface area contributed by atoms with Gasteiger partial charge in [-0.1, -0.05) is 13.8 Å². The molecule has 1 aromatic rings. The zero-order valence-electron chi connectivity index (χ0n) is 13.6. The molecule has 0 radical (unpaired) electrons. The molecule has 2 fully saturated rings.